The highest BCUT2D eigenvalue weighted by Crippen LogP contribution is 2.48. The Labute approximate surface area is 311 Å². The number of phenolic OH excluding ortho intramolecular Hbond substituents is 2. The van der Waals surface area contributed by atoms with Gasteiger partial charge in [0.15, 0.2) is 11.6 Å². The minimum absolute atomic E-state index is 0.0340. The van der Waals surface area contributed by atoms with E-state index in [9.17, 15) is 34.5 Å². The van der Waals surface area contributed by atoms with Gasteiger partial charge in [0.25, 0.3) is 0 Å². The van der Waals surface area contributed by atoms with Gasteiger partial charge in [-0.05, 0) is 60.9 Å². The predicted octanol–water partition coefficient (Wildman–Crippen LogP) is 4.61. The number of nitrogens with one attached hydrogen (secondary N) is 1. The number of benzene rings is 4. The predicted molar refractivity (Wildman–Crippen MR) is 195 cm³/mol. The number of aliphatic hydroxyl groups excluding tert-OH is 2. The number of amides is 1. The first-order valence-electron chi connectivity index (χ1n) is 18.0. The Kier molecular flexibility index (Phi) is 10.3. The summed E-state index contributed by atoms with van der Waals surface area (Å²) in [6.07, 6.45) is -0.209. The number of aromatic hydroxyl groups is 2. The van der Waals surface area contributed by atoms with Crippen LogP contribution in [-0.4, -0.2) is 89.0 Å². The van der Waals surface area contributed by atoms with Gasteiger partial charge in [-0.15, -0.1) is 0 Å². The molecule has 4 atom stereocenters. The van der Waals surface area contributed by atoms with E-state index in [0.29, 0.717) is 25.0 Å². The molecule has 4 aromatic carbocycles. The molecule has 1 saturated heterocycles. The summed E-state index contributed by atoms with van der Waals surface area (Å²) < 4.78 is 16.1. The molecule has 0 aromatic heterocycles. The number of hydrogen-bond acceptors (Lipinski definition) is 11. The van der Waals surface area contributed by atoms with Crippen molar-refractivity contribution in [3.05, 3.63) is 111 Å². The lowest BCUT2D eigenvalue weighted by Gasteiger charge is -2.33. The van der Waals surface area contributed by atoms with Crippen molar-refractivity contribution in [1.29, 1.82) is 0 Å². The van der Waals surface area contributed by atoms with E-state index in [0.717, 1.165) is 0 Å². The molecule has 5 N–H and O–H groups in total. The number of ether oxygens (including phenoxy) is 3. The molecular formula is C42H41NO11. The van der Waals surface area contributed by atoms with Crippen molar-refractivity contribution in [2.45, 2.75) is 56.8 Å². The number of aliphatic hydroxyl groups is 2. The number of rotatable bonds is 6. The van der Waals surface area contributed by atoms with Crippen molar-refractivity contribution in [2.75, 3.05) is 26.9 Å². The highest BCUT2D eigenvalue weighted by Gasteiger charge is 2.41. The second-order valence-corrected chi connectivity index (χ2v) is 13.9. The van der Waals surface area contributed by atoms with Gasteiger partial charge in [-0.25, -0.2) is 4.79 Å². The average Bonchev–Trinajstić information content (AvgIpc) is 3.52. The van der Waals surface area contributed by atoms with Crippen LogP contribution >= 0.6 is 0 Å². The fourth-order valence-electron chi connectivity index (χ4n) is 8.14. The summed E-state index contributed by atoms with van der Waals surface area (Å²) in [5.74, 6) is -2.53. The quantitative estimate of drug-likeness (QED) is 0.153. The molecule has 0 saturated carbocycles. The number of ketones is 3. The average molecular weight is 736 g/mol. The molecule has 1 amide bonds. The fourth-order valence-corrected chi connectivity index (χ4v) is 8.14. The molecule has 1 aliphatic heterocycles. The summed E-state index contributed by atoms with van der Waals surface area (Å²) in [5, 5.41) is 43.7. The van der Waals surface area contributed by atoms with Crippen LogP contribution in [-0.2, 0) is 27.1 Å². The van der Waals surface area contributed by atoms with E-state index in [-0.39, 0.29) is 88.4 Å². The molecule has 0 bridgehead atoms. The zero-order valence-corrected chi connectivity index (χ0v) is 29.8. The van der Waals surface area contributed by atoms with Crippen LogP contribution in [0.3, 0.4) is 0 Å². The number of fused-ring (bicyclic) bond motifs is 6. The Morgan fingerprint density at radius 2 is 1.46 bits per heavy atom. The monoisotopic (exact) mass is 735 g/mol. The Bertz CT molecular complexity index is 2110. The first-order chi connectivity index (χ1) is 26.0. The first kappa shape index (κ1) is 36.8. The lowest BCUT2D eigenvalue weighted by atomic mass is 9.75. The fraction of sp³-hybridized carbons (Fsp3) is 0.333. The largest absolute Gasteiger partial charge is 0.507 e. The second-order valence-electron chi connectivity index (χ2n) is 13.9. The third kappa shape index (κ3) is 6.40. The standard InChI is InChI=1S/C21H23NO4.C21H18O7/c1-13-20(23)19(10-11-25-13)22-21(24)26-12-18-16-8-4-2-6-14(16)15-7-3-5-9-17(15)18;1-28-14-4-2-3-11-15(14)21(27)17-16(19(11)25)20(26)12-7-9(13(23)8-22)5-6-10(12)18(17)24/h2-9,13,18-20,23H,10-12H2,1H3,(H,22,24);2-4,9,22,24,26H,5-8H2,1H3. The molecule has 0 radical (unpaired) electrons. The van der Waals surface area contributed by atoms with E-state index >= 15 is 0 Å². The lowest BCUT2D eigenvalue weighted by molar-refractivity contribution is -0.126. The Morgan fingerprint density at radius 1 is 0.833 bits per heavy atom. The molecule has 3 aliphatic carbocycles. The van der Waals surface area contributed by atoms with Crippen molar-refractivity contribution < 1.29 is 53.8 Å². The number of methoxy groups -OCH3 is 1. The molecule has 4 aromatic rings. The molecule has 12 heteroatoms. The third-order valence-corrected chi connectivity index (χ3v) is 11.0. The van der Waals surface area contributed by atoms with E-state index in [1.165, 1.54) is 35.4 Å². The van der Waals surface area contributed by atoms with Crippen molar-refractivity contribution in [1.82, 2.24) is 5.32 Å². The van der Waals surface area contributed by atoms with Crippen molar-refractivity contribution in [2.24, 2.45) is 5.92 Å². The number of carbonyl (C=O) groups excluding carboxylic acids is 4. The van der Waals surface area contributed by atoms with E-state index in [2.05, 4.69) is 29.6 Å². The van der Waals surface area contributed by atoms with Crippen LogP contribution in [0.15, 0.2) is 66.7 Å². The van der Waals surface area contributed by atoms with Crippen molar-refractivity contribution in [3.8, 4) is 28.4 Å². The van der Waals surface area contributed by atoms with E-state index in [1.54, 1.807) is 19.1 Å². The SMILES string of the molecule is CC1OCCC(NC(=O)OCC2c3ccccc3-c3ccccc32)C1O.COc1cccc2c1C(=O)c1c(O)c3c(c(O)c1C2=O)CC(C(=O)CO)CC3. The van der Waals surface area contributed by atoms with Gasteiger partial charge in [0, 0.05) is 35.1 Å². The number of Topliss-reactive ketones (excluding diaryl/α,β-unsaturated/α-hetero) is 1. The zero-order chi connectivity index (χ0) is 38.3. The summed E-state index contributed by atoms with van der Waals surface area (Å²) in [7, 11) is 1.38. The van der Waals surface area contributed by atoms with Gasteiger partial charge < -0.3 is 40.0 Å². The molecule has 280 valence electrons. The van der Waals surface area contributed by atoms with Crippen LogP contribution in [0.4, 0.5) is 4.79 Å². The summed E-state index contributed by atoms with van der Waals surface area (Å²) in [4.78, 5) is 50.3. The number of hydrogen-bond donors (Lipinski definition) is 5. The summed E-state index contributed by atoms with van der Waals surface area (Å²) in [6.45, 7) is 1.99. The molecule has 0 spiro atoms. The maximum Gasteiger partial charge on any atom is 0.407 e. The van der Waals surface area contributed by atoms with Crippen LogP contribution < -0.4 is 10.1 Å². The normalized spacial score (nSPS) is 21.0. The maximum atomic E-state index is 13.1. The van der Waals surface area contributed by atoms with Gasteiger partial charge in [-0.3, -0.25) is 14.4 Å². The molecule has 1 fully saturated rings. The lowest BCUT2D eigenvalue weighted by Crippen LogP contribution is -2.52. The summed E-state index contributed by atoms with van der Waals surface area (Å²) in [6, 6.07) is 20.7. The van der Waals surface area contributed by atoms with Crippen LogP contribution in [0.1, 0.15) is 79.8 Å². The van der Waals surface area contributed by atoms with Crippen molar-refractivity contribution in [3.63, 3.8) is 0 Å². The van der Waals surface area contributed by atoms with Gasteiger partial charge in [-0.2, -0.15) is 0 Å². The molecule has 4 aliphatic rings. The van der Waals surface area contributed by atoms with Gasteiger partial charge in [-0.1, -0.05) is 60.7 Å². The maximum absolute atomic E-state index is 13.1. The minimum Gasteiger partial charge on any atom is -0.507 e. The summed E-state index contributed by atoms with van der Waals surface area (Å²) >= 11 is 0. The smallest absolute Gasteiger partial charge is 0.407 e. The topological polar surface area (TPSA) is 189 Å². The molecule has 8 rings (SSSR count). The van der Waals surface area contributed by atoms with Gasteiger partial charge in [0.2, 0.25) is 5.78 Å². The van der Waals surface area contributed by atoms with E-state index in [4.69, 9.17) is 19.3 Å². The van der Waals surface area contributed by atoms with Gasteiger partial charge in [0.05, 0.1) is 35.9 Å². The highest BCUT2D eigenvalue weighted by molar-refractivity contribution is 6.31. The van der Waals surface area contributed by atoms with Crippen LogP contribution in [0.2, 0.25) is 0 Å². The molecular weight excluding hydrogens is 694 g/mol. The molecule has 12 nitrogen and oxygen atoms in total. The highest BCUT2D eigenvalue weighted by atomic mass is 16.5. The molecule has 1 heterocycles. The summed E-state index contributed by atoms with van der Waals surface area (Å²) in [5.41, 5.74) is 5.06. The Hall–Kier alpha value is -5.56. The number of alkyl carbamates (subject to hydrolysis) is 1. The van der Waals surface area contributed by atoms with Gasteiger partial charge >= 0.3 is 6.09 Å². The third-order valence-electron chi connectivity index (χ3n) is 11.0. The number of carbonyl (C=O) groups is 4. The molecule has 4 unspecified atom stereocenters. The molecule has 54 heavy (non-hydrogen) atoms. The Balaban J connectivity index is 0.000000167. The zero-order valence-electron chi connectivity index (χ0n) is 29.8. The minimum atomic E-state index is -0.718. The first-order valence-corrected chi connectivity index (χ1v) is 18.0. The van der Waals surface area contributed by atoms with Crippen molar-refractivity contribution >= 4 is 23.4 Å². The van der Waals surface area contributed by atoms with E-state index < -0.39 is 36.3 Å². The van der Waals surface area contributed by atoms with E-state index in [1.807, 2.05) is 24.3 Å². The van der Waals surface area contributed by atoms with Crippen LogP contribution in [0.5, 0.6) is 17.2 Å². The Morgan fingerprint density at radius 3 is 2.13 bits per heavy atom. The van der Waals surface area contributed by atoms with Crippen LogP contribution in [0, 0.1) is 5.92 Å². The van der Waals surface area contributed by atoms with Crippen LogP contribution in [0.25, 0.3) is 11.1 Å². The number of phenols is 2. The second kappa shape index (κ2) is 15.1. The van der Waals surface area contributed by atoms with Gasteiger partial charge in [0.1, 0.15) is 36.6 Å².